The standard InChI is InChI=1S/C23H24N2O3S3/c1-12-8-9-15-16(10-12)25(23(2,3)19-18(15)22(29)31-30-19)17(26)11-24-20(27)13-6-4-5-7-14(13)21(24)28/h8-10,13-14H,4-7,11H2,1-3H3/t13-,14-/m1/s1. The normalized spacial score (nSPS) is 24.1. The van der Waals surface area contributed by atoms with Crippen molar-refractivity contribution in [3.05, 3.63) is 32.5 Å². The Morgan fingerprint density at radius 1 is 1.13 bits per heavy atom. The number of carbonyl (C=O) groups is 3. The van der Waals surface area contributed by atoms with Crippen molar-refractivity contribution in [1.82, 2.24) is 4.90 Å². The summed E-state index contributed by atoms with van der Waals surface area (Å²) in [4.78, 5) is 43.7. The number of carbonyl (C=O) groups excluding carboxylic acids is 3. The molecule has 31 heavy (non-hydrogen) atoms. The van der Waals surface area contributed by atoms with Gasteiger partial charge in [0.1, 0.15) is 10.4 Å². The quantitative estimate of drug-likeness (QED) is 0.339. The van der Waals surface area contributed by atoms with Crippen molar-refractivity contribution in [3.8, 4) is 11.1 Å². The summed E-state index contributed by atoms with van der Waals surface area (Å²) >= 11 is 5.62. The topological polar surface area (TPSA) is 57.7 Å². The lowest BCUT2D eigenvalue weighted by Gasteiger charge is -2.43. The fourth-order valence-electron chi connectivity index (χ4n) is 5.38. The summed E-state index contributed by atoms with van der Waals surface area (Å²) in [5, 5.41) is 0. The molecule has 2 atom stereocenters. The van der Waals surface area contributed by atoms with Gasteiger partial charge in [0.15, 0.2) is 0 Å². The largest absolute Gasteiger partial charge is 0.300 e. The van der Waals surface area contributed by atoms with E-state index in [9.17, 15) is 14.4 Å². The first-order valence-corrected chi connectivity index (χ1v) is 13.2. The summed E-state index contributed by atoms with van der Waals surface area (Å²) < 4.78 is 0.833. The lowest BCUT2D eigenvalue weighted by atomic mass is 9.81. The van der Waals surface area contributed by atoms with Gasteiger partial charge in [-0.3, -0.25) is 24.2 Å². The van der Waals surface area contributed by atoms with E-state index < -0.39 is 5.54 Å². The van der Waals surface area contributed by atoms with Gasteiger partial charge in [-0.2, -0.15) is 0 Å². The van der Waals surface area contributed by atoms with Crippen molar-refractivity contribution >= 4 is 56.3 Å². The summed E-state index contributed by atoms with van der Waals surface area (Å²) in [5.74, 6) is -1.06. The number of nitrogens with zero attached hydrogens (tertiary/aromatic N) is 2. The maximum Gasteiger partial charge on any atom is 0.247 e. The zero-order chi connectivity index (χ0) is 22.1. The van der Waals surface area contributed by atoms with Gasteiger partial charge < -0.3 is 0 Å². The molecular weight excluding hydrogens is 448 g/mol. The van der Waals surface area contributed by atoms with Crippen molar-refractivity contribution in [1.29, 1.82) is 0 Å². The molecule has 1 aromatic heterocycles. The second kappa shape index (κ2) is 7.32. The fourth-order valence-corrected chi connectivity index (χ4v) is 8.66. The average Bonchev–Trinajstić information content (AvgIpc) is 3.23. The molecule has 1 aromatic carbocycles. The monoisotopic (exact) mass is 472 g/mol. The van der Waals surface area contributed by atoms with Gasteiger partial charge in [0.25, 0.3) is 0 Å². The first-order valence-electron chi connectivity index (χ1n) is 10.6. The van der Waals surface area contributed by atoms with Crippen LogP contribution in [0.4, 0.5) is 5.69 Å². The summed E-state index contributed by atoms with van der Waals surface area (Å²) in [6, 6.07) is 6.05. The number of likely N-dealkylation sites (tertiary alicyclic amines) is 1. The van der Waals surface area contributed by atoms with Crippen LogP contribution in [0.3, 0.4) is 0 Å². The molecule has 0 bridgehead atoms. The molecular formula is C23H24N2O3S3. The van der Waals surface area contributed by atoms with Crippen LogP contribution in [0, 0.1) is 22.6 Å². The summed E-state index contributed by atoms with van der Waals surface area (Å²) in [6.45, 7) is 5.82. The van der Waals surface area contributed by atoms with E-state index in [1.54, 1.807) is 25.6 Å². The number of aryl methyl sites for hydroxylation is 1. The highest BCUT2D eigenvalue weighted by Gasteiger charge is 2.50. The number of fused-ring (bicyclic) bond motifs is 4. The Kier molecular flexibility index (Phi) is 4.95. The Morgan fingerprint density at radius 3 is 2.42 bits per heavy atom. The highest BCUT2D eigenvalue weighted by molar-refractivity contribution is 7.80. The second-order valence-electron chi connectivity index (χ2n) is 9.23. The molecule has 5 rings (SSSR count). The number of imide groups is 1. The molecule has 0 unspecified atom stereocenters. The molecule has 0 radical (unpaired) electrons. The van der Waals surface area contributed by atoms with Gasteiger partial charge in [-0.15, -0.1) is 0 Å². The Balaban J connectivity index is 1.55. The van der Waals surface area contributed by atoms with E-state index in [1.165, 1.54) is 4.90 Å². The number of hydrogen-bond donors (Lipinski definition) is 0. The number of rotatable bonds is 2. The minimum atomic E-state index is -0.621. The van der Waals surface area contributed by atoms with Crippen molar-refractivity contribution in [2.24, 2.45) is 11.8 Å². The summed E-state index contributed by atoms with van der Waals surface area (Å²) in [7, 11) is 3.16. The SMILES string of the molecule is Cc1ccc2c(c1)N(C(=O)CN1C(=O)[C@@H]3CCCC[C@H]3C1=O)C(C)(C)c1ssc(=S)c1-2. The van der Waals surface area contributed by atoms with E-state index in [-0.39, 0.29) is 36.1 Å². The molecule has 1 saturated heterocycles. The molecule has 2 fully saturated rings. The predicted octanol–water partition coefficient (Wildman–Crippen LogP) is 5.27. The maximum absolute atomic E-state index is 13.7. The molecule has 162 valence electrons. The summed E-state index contributed by atoms with van der Waals surface area (Å²) in [5.41, 5.74) is 3.21. The van der Waals surface area contributed by atoms with Crippen LogP contribution in [0.15, 0.2) is 18.2 Å². The lowest BCUT2D eigenvalue weighted by molar-refractivity contribution is -0.143. The van der Waals surface area contributed by atoms with Gasteiger partial charge in [-0.1, -0.05) is 57.9 Å². The van der Waals surface area contributed by atoms with Crippen LogP contribution in [0.5, 0.6) is 0 Å². The van der Waals surface area contributed by atoms with E-state index in [0.717, 1.165) is 56.8 Å². The average molecular weight is 473 g/mol. The third-order valence-electron chi connectivity index (χ3n) is 6.89. The Labute approximate surface area is 194 Å². The Bertz CT molecular complexity index is 1150. The number of hydrogen-bond acceptors (Lipinski definition) is 6. The van der Waals surface area contributed by atoms with Crippen LogP contribution in [0.25, 0.3) is 11.1 Å². The predicted molar refractivity (Wildman–Crippen MR) is 126 cm³/mol. The van der Waals surface area contributed by atoms with Crippen molar-refractivity contribution in [2.45, 2.75) is 52.0 Å². The zero-order valence-corrected chi connectivity index (χ0v) is 20.2. The Morgan fingerprint density at radius 2 is 1.77 bits per heavy atom. The molecule has 2 aromatic rings. The van der Waals surface area contributed by atoms with E-state index >= 15 is 0 Å². The van der Waals surface area contributed by atoms with Gasteiger partial charge in [0.05, 0.1) is 27.9 Å². The lowest BCUT2D eigenvalue weighted by Crippen LogP contribution is -2.52. The number of amides is 3. The smallest absolute Gasteiger partial charge is 0.247 e. The number of benzene rings is 1. The van der Waals surface area contributed by atoms with Gasteiger partial charge in [0.2, 0.25) is 17.7 Å². The molecule has 5 nitrogen and oxygen atoms in total. The molecule has 0 spiro atoms. The third kappa shape index (κ3) is 3.06. The highest BCUT2D eigenvalue weighted by atomic mass is 32.9. The minimum Gasteiger partial charge on any atom is -0.300 e. The molecule has 8 heteroatoms. The fraction of sp³-hybridized carbons (Fsp3) is 0.478. The molecule has 0 N–H and O–H groups in total. The molecule has 3 aliphatic rings. The van der Waals surface area contributed by atoms with Crippen LogP contribution < -0.4 is 4.90 Å². The first-order chi connectivity index (χ1) is 14.7. The molecule has 3 heterocycles. The minimum absolute atomic E-state index is 0.172. The zero-order valence-electron chi connectivity index (χ0n) is 17.8. The van der Waals surface area contributed by atoms with E-state index in [4.69, 9.17) is 12.2 Å². The third-order valence-corrected chi connectivity index (χ3v) is 10.2. The highest BCUT2D eigenvalue weighted by Crippen LogP contribution is 2.52. The Hall–Kier alpha value is -1.90. The molecule has 1 saturated carbocycles. The van der Waals surface area contributed by atoms with E-state index in [1.807, 2.05) is 39.0 Å². The van der Waals surface area contributed by atoms with Crippen molar-refractivity contribution < 1.29 is 14.4 Å². The van der Waals surface area contributed by atoms with Gasteiger partial charge in [0, 0.05) is 11.1 Å². The molecule has 1 aliphatic carbocycles. The van der Waals surface area contributed by atoms with E-state index in [2.05, 4.69) is 0 Å². The van der Waals surface area contributed by atoms with Gasteiger partial charge in [-0.25, -0.2) is 0 Å². The van der Waals surface area contributed by atoms with E-state index in [0.29, 0.717) is 0 Å². The van der Waals surface area contributed by atoms with Crippen molar-refractivity contribution in [2.75, 3.05) is 11.4 Å². The maximum atomic E-state index is 13.7. The number of anilines is 1. The summed E-state index contributed by atoms with van der Waals surface area (Å²) in [6.07, 6.45) is 3.44. The van der Waals surface area contributed by atoms with Crippen molar-refractivity contribution in [3.63, 3.8) is 0 Å². The van der Waals surface area contributed by atoms with Crippen LogP contribution >= 0.6 is 32.9 Å². The molecule has 2 aliphatic heterocycles. The van der Waals surface area contributed by atoms with Crippen LogP contribution in [-0.2, 0) is 19.9 Å². The van der Waals surface area contributed by atoms with Crippen LogP contribution in [-0.4, -0.2) is 29.2 Å². The van der Waals surface area contributed by atoms with Crippen LogP contribution in [0.2, 0.25) is 0 Å². The van der Waals surface area contributed by atoms with Gasteiger partial charge >= 0.3 is 0 Å². The van der Waals surface area contributed by atoms with Gasteiger partial charge in [-0.05, 0) is 45.2 Å². The molecule has 3 amide bonds. The second-order valence-corrected chi connectivity index (χ2v) is 12.0. The van der Waals surface area contributed by atoms with Crippen LogP contribution in [0.1, 0.15) is 50.0 Å². The first kappa shape index (κ1) is 21.0.